The summed E-state index contributed by atoms with van der Waals surface area (Å²) in [7, 11) is 1.26. The summed E-state index contributed by atoms with van der Waals surface area (Å²) in [6.45, 7) is 2.15. The van der Waals surface area contributed by atoms with Gasteiger partial charge in [0.15, 0.2) is 0 Å². The zero-order valence-electron chi connectivity index (χ0n) is 15.6. The summed E-state index contributed by atoms with van der Waals surface area (Å²) in [5.74, 6) is -0.933. The highest BCUT2D eigenvalue weighted by atomic mass is 35.5. The number of carbonyl (C=O) groups is 3. The van der Waals surface area contributed by atoms with Gasteiger partial charge in [-0.15, -0.1) is 12.4 Å². The maximum atomic E-state index is 11.7. The molecule has 1 aromatic rings. The fourth-order valence-corrected chi connectivity index (χ4v) is 2.13. The van der Waals surface area contributed by atoms with Gasteiger partial charge in [-0.25, -0.2) is 9.59 Å². The summed E-state index contributed by atoms with van der Waals surface area (Å²) < 4.78 is 9.77. The van der Waals surface area contributed by atoms with Crippen LogP contribution in [-0.4, -0.2) is 43.7 Å². The molecule has 0 aromatic heterocycles. The summed E-state index contributed by atoms with van der Waals surface area (Å²) in [4.78, 5) is 34.9. The van der Waals surface area contributed by atoms with E-state index < -0.39 is 30.1 Å². The van der Waals surface area contributed by atoms with E-state index >= 15 is 0 Å². The molecule has 0 radical (unpaired) electrons. The van der Waals surface area contributed by atoms with Crippen molar-refractivity contribution in [3.63, 3.8) is 0 Å². The van der Waals surface area contributed by atoms with Crippen molar-refractivity contribution in [1.82, 2.24) is 10.6 Å². The fourth-order valence-electron chi connectivity index (χ4n) is 2.13. The normalized spacial score (nSPS) is 12.1. The van der Waals surface area contributed by atoms with Crippen molar-refractivity contribution in [3.8, 4) is 0 Å². The third-order valence-corrected chi connectivity index (χ3v) is 3.62. The van der Waals surface area contributed by atoms with Crippen LogP contribution in [0.1, 0.15) is 31.7 Å². The third kappa shape index (κ3) is 10.4. The maximum Gasteiger partial charge on any atom is 0.407 e. The van der Waals surface area contributed by atoms with E-state index in [0.29, 0.717) is 25.8 Å². The SMILES string of the molecule is COC(=O)[C@H](CCCCNC(=O)OCc1ccccc1)NC(=O)[C@H](C)N.Cl. The van der Waals surface area contributed by atoms with Crippen molar-refractivity contribution < 1.29 is 23.9 Å². The minimum absolute atomic E-state index is 0. The minimum atomic E-state index is -0.747. The minimum Gasteiger partial charge on any atom is -0.467 e. The Morgan fingerprint density at radius 3 is 2.41 bits per heavy atom. The zero-order valence-corrected chi connectivity index (χ0v) is 16.4. The summed E-state index contributed by atoms with van der Waals surface area (Å²) >= 11 is 0. The predicted octanol–water partition coefficient (Wildman–Crippen LogP) is 1.51. The van der Waals surface area contributed by atoms with Gasteiger partial charge in [-0.3, -0.25) is 4.79 Å². The van der Waals surface area contributed by atoms with E-state index in [1.807, 2.05) is 30.3 Å². The van der Waals surface area contributed by atoms with Crippen LogP contribution >= 0.6 is 12.4 Å². The molecule has 0 bridgehead atoms. The van der Waals surface area contributed by atoms with Gasteiger partial charge in [0.25, 0.3) is 0 Å². The monoisotopic (exact) mass is 401 g/mol. The van der Waals surface area contributed by atoms with Crippen LogP contribution in [0.4, 0.5) is 4.79 Å². The molecule has 0 unspecified atom stereocenters. The number of hydrogen-bond donors (Lipinski definition) is 3. The van der Waals surface area contributed by atoms with Crippen LogP contribution in [0.3, 0.4) is 0 Å². The lowest BCUT2D eigenvalue weighted by Gasteiger charge is -2.17. The number of nitrogens with two attached hydrogens (primary N) is 1. The molecule has 4 N–H and O–H groups in total. The number of alkyl carbamates (subject to hydrolysis) is 1. The number of carbonyl (C=O) groups excluding carboxylic acids is 3. The second-order valence-corrected chi connectivity index (χ2v) is 5.86. The van der Waals surface area contributed by atoms with Gasteiger partial charge in [0, 0.05) is 6.54 Å². The number of hydrogen-bond acceptors (Lipinski definition) is 6. The summed E-state index contributed by atoms with van der Waals surface area (Å²) in [6.07, 6.45) is 1.13. The van der Waals surface area contributed by atoms with Crippen LogP contribution in [0.2, 0.25) is 0 Å². The average molecular weight is 402 g/mol. The maximum absolute atomic E-state index is 11.7. The molecule has 0 aliphatic rings. The van der Waals surface area contributed by atoms with Crippen LogP contribution in [0, 0.1) is 0 Å². The first-order valence-corrected chi connectivity index (χ1v) is 8.52. The van der Waals surface area contributed by atoms with Gasteiger partial charge in [-0.1, -0.05) is 30.3 Å². The van der Waals surface area contributed by atoms with Crippen molar-refractivity contribution in [2.24, 2.45) is 5.73 Å². The highest BCUT2D eigenvalue weighted by Gasteiger charge is 2.22. The first kappa shape index (κ1) is 24.7. The van der Waals surface area contributed by atoms with Crippen LogP contribution in [0.25, 0.3) is 0 Å². The smallest absolute Gasteiger partial charge is 0.407 e. The Labute approximate surface area is 165 Å². The highest BCUT2D eigenvalue weighted by molar-refractivity contribution is 5.87. The average Bonchev–Trinajstić information content (AvgIpc) is 2.65. The van der Waals surface area contributed by atoms with Gasteiger partial charge in [0.05, 0.1) is 13.2 Å². The van der Waals surface area contributed by atoms with Gasteiger partial charge in [-0.05, 0) is 31.7 Å². The molecule has 0 saturated carbocycles. The molecule has 2 atom stereocenters. The number of methoxy groups -OCH3 is 1. The van der Waals surface area contributed by atoms with Gasteiger partial charge in [0.1, 0.15) is 12.6 Å². The molecule has 2 amide bonds. The Kier molecular flexibility index (Phi) is 12.6. The predicted molar refractivity (Wildman–Crippen MR) is 103 cm³/mol. The van der Waals surface area contributed by atoms with E-state index in [4.69, 9.17) is 10.5 Å². The molecule has 0 aliphatic carbocycles. The standard InChI is InChI=1S/C18H27N3O5.ClH/c1-13(19)16(22)21-15(17(23)25-2)10-6-7-11-20-18(24)26-12-14-8-4-3-5-9-14;/h3-5,8-9,13,15H,6-7,10-12,19H2,1-2H3,(H,20,24)(H,21,22);1H/t13-,15-;/m0./s1. The first-order chi connectivity index (χ1) is 12.4. The molecule has 9 heteroatoms. The van der Waals surface area contributed by atoms with E-state index in [1.54, 1.807) is 0 Å². The van der Waals surface area contributed by atoms with Gasteiger partial charge < -0.3 is 25.8 Å². The fraction of sp³-hybridized carbons (Fsp3) is 0.500. The van der Waals surface area contributed by atoms with Crippen molar-refractivity contribution in [3.05, 3.63) is 35.9 Å². The van der Waals surface area contributed by atoms with Crippen molar-refractivity contribution in [2.75, 3.05) is 13.7 Å². The van der Waals surface area contributed by atoms with Crippen LogP contribution in [0.5, 0.6) is 0 Å². The summed E-state index contributed by atoms with van der Waals surface area (Å²) in [6, 6.07) is 7.93. The van der Waals surface area contributed by atoms with E-state index in [9.17, 15) is 14.4 Å². The quantitative estimate of drug-likeness (QED) is 0.403. The lowest BCUT2D eigenvalue weighted by atomic mass is 10.1. The molecule has 0 fully saturated rings. The summed E-state index contributed by atoms with van der Waals surface area (Å²) in [5, 5.41) is 5.20. The highest BCUT2D eigenvalue weighted by Crippen LogP contribution is 2.04. The second-order valence-electron chi connectivity index (χ2n) is 5.86. The van der Waals surface area contributed by atoms with Crippen molar-refractivity contribution in [2.45, 2.75) is 44.9 Å². The Hall–Kier alpha value is -2.32. The Morgan fingerprint density at radius 2 is 1.81 bits per heavy atom. The molecular weight excluding hydrogens is 374 g/mol. The molecule has 0 saturated heterocycles. The van der Waals surface area contributed by atoms with Gasteiger partial charge in [-0.2, -0.15) is 0 Å². The molecule has 1 rings (SSSR count). The largest absolute Gasteiger partial charge is 0.467 e. The van der Waals surface area contributed by atoms with Crippen molar-refractivity contribution in [1.29, 1.82) is 0 Å². The molecule has 0 aliphatic heterocycles. The van der Waals surface area contributed by atoms with Gasteiger partial charge >= 0.3 is 12.1 Å². The number of benzene rings is 1. The lowest BCUT2D eigenvalue weighted by molar-refractivity contribution is -0.145. The topological polar surface area (TPSA) is 120 Å². The molecule has 1 aromatic carbocycles. The molecule has 8 nitrogen and oxygen atoms in total. The summed E-state index contributed by atoms with van der Waals surface area (Å²) in [5.41, 5.74) is 6.39. The van der Waals surface area contributed by atoms with E-state index in [0.717, 1.165) is 5.56 Å². The molecule has 0 spiro atoms. The molecule has 0 heterocycles. The number of unbranched alkanes of at least 4 members (excludes halogenated alkanes) is 1. The third-order valence-electron chi connectivity index (χ3n) is 3.62. The second kappa shape index (κ2) is 13.8. The number of amides is 2. The Bertz CT molecular complexity index is 584. The Morgan fingerprint density at radius 1 is 1.15 bits per heavy atom. The number of rotatable bonds is 10. The van der Waals surface area contributed by atoms with E-state index in [-0.39, 0.29) is 19.0 Å². The molecular formula is C18H28ClN3O5. The Balaban J connectivity index is 0.00000676. The molecule has 27 heavy (non-hydrogen) atoms. The lowest BCUT2D eigenvalue weighted by Crippen LogP contribution is -2.47. The van der Waals surface area contributed by atoms with Crippen LogP contribution < -0.4 is 16.4 Å². The number of ether oxygens (including phenoxy) is 2. The number of nitrogens with one attached hydrogen (secondary N) is 2. The molecule has 152 valence electrons. The van der Waals surface area contributed by atoms with Crippen LogP contribution in [-0.2, 0) is 25.7 Å². The first-order valence-electron chi connectivity index (χ1n) is 8.52. The van der Waals surface area contributed by atoms with Crippen molar-refractivity contribution >= 4 is 30.4 Å². The number of esters is 1. The van der Waals surface area contributed by atoms with E-state index in [2.05, 4.69) is 15.4 Å². The number of halogens is 1. The van der Waals surface area contributed by atoms with Crippen LogP contribution in [0.15, 0.2) is 30.3 Å². The van der Waals surface area contributed by atoms with Gasteiger partial charge in [0.2, 0.25) is 5.91 Å². The zero-order chi connectivity index (χ0) is 19.4. The van der Waals surface area contributed by atoms with E-state index in [1.165, 1.54) is 14.0 Å².